The largest absolute Gasteiger partial charge is 0.493 e. The number of fused-ring (bicyclic) bond motifs is 1. The van der Waals surface area contributed by atoms with Crippen molar-refractivity contribution in [3.8, 4) is 11.5 Å². The highest BCUT2D eigenvalue weighted by Crippen LogP contribution is 2.31. The van der Waals surface area contributed by atoms with Crippen LogP contribution in [0.15, 0.2) is 101 Å². The van der Waals surface area contributed by atoms with Crippen LogP contribution in [0.4, 0.5) is 0 Å². The molecule has 0 aliphatic carbocycles. The molecule has 0 fully saturated rings. The minimum Gasteiger partial charge on any atom is -0.493 e. The molecular formula is C28H27N3O5S. The highest BCUT2D eigenvalue weighted by molar-refractivity contribution is 7.89. The fraction of sp³-hybridized carbons (Fsp3) is 0.143. The smallest absolute Gasteiger partial charge is 0.255 e. The van der Waals surface area contributed by atoms with Crippen molar-refractivity contribution in [1.82, 2.24) is 9.73 Å². The van der Waals surface area contributed by atoms with Gasteiger partial charge < -0.3 is 9.47 Å². The maximum absolute atomic E-state index is 13.6. The van der Waals surface area contributed by atoms with Gasteiger partial charge in [0, 0.05) is 18.2 Å². The average Bonchev–Trinajstić information content (AvgIpc) is 2.93. The molecule has 0 saturated carbocycles. The monoisotopic (exact) mass is 517 g/mol. The first-order valence-corrected chi connectivity index (χ1v) is 12.9. The summed E-state index contributed by atoms with van der Waals surface area (Å²) >= 11 is 0. The van der Waals surface area contributed by atoms with E-state index in [4.69, 9.17) is 9.47 Å². The number of hydrazone groups is 1. The van der Waals surface area contributed by atoms with Crippen LogP contribution in [-0.2, 0) is 21.4 Å². The van der Waals surface area contributed by atoms with Crippen molar-refractivity contribution >= 4 is 32.9 Å². The summed E-state index contributed by atoms with van der Waals surface area (Å²) in [6, 6.07) is 27.0. The van der Waals surface area contributed by atoms with Crippen molar-refractivity contribution in [2.24, 2.45) is 5.10 Å². The topological polar surface area (TPSA) is 97.3 Å². The molecule has 4 aromatic rings. The highest BCUT2D eigenvalue weighted by Gasteiger charge is 2.28. The van der Waals surface area contributed by atoms with Crippen LogP contribution in [0.2, 0.25) is 0 Å². The Morgan fingerprint density at radius 2 is 1.59 bits per heavy atom. The van der Waals surface area contributed by atoms with Crippen LogP contribution in [0.25, 0.3) is 10.8 Å². The van der Waals surface area contributed by atoms with Gasteiger partial charge in [0.25, 0.3) is 5.91 Å². The third-order valence-corrected chi connectivity index (χ3v) is 7.52. The standard InChI is InChI=1S/C28H27N3O5S/c1-35-26-16-15-24(17-27(26)36-2)37(33,34)31(19-21-9-4-3-5-10-21)20-28(32)30-29-18-23-13-8-12-22-11-6-7-14-25(22)23/h3-18H,19-20H2,1-2H3,(H,30,32)/b29-18-. The normalized spacial score (nSPS) is 11.6. The molecule has 1 N–H and O–H groups in total. The molecule has 0 radical (unpaired) electrons. The van der Waals surface area contributed by atoms with Gasteiger partial charge in [-0.15, -0.1) is 0 Å². The average molecular weight is 518 g/mol. The predicted molar refractivity (Wildman–Crippen MR) is 143 cm³/mol. The Labute approximate surface area is 216 Å². The number of amides is 1. The fourth-order valence-corrected chi connectivity index (χ4v) is 5.27. The molecule has 0 unspecified atom stereocenters. The maximum atomic E-state index is 13.6. The molecule has 37 heavy (non-hydrogen) atoms. The Balaban J connectivity index is 1.56. The molecule has 0 aliphatic heterocycles. The van der Waals surface area contributed by atoms with E-state index in [0.717, 1.165) is 26.2 Å². The van der Waals surface area contributed by atoms with Gasteiger partial charge in [-0.3, -0.25) is 4.79 Å². The number of hydrogen-bond acceptors (Lipinski definition) is 6. The number of methoxy groups -OCH3 is 2. The summed E-state index contributed by atoms with van der Waals surface area (Å²) in [6.07, 6.45) is 1.55. The van der Waals surface area contributed by atoms with Crippen molar-refractivity contribution in [3.63, 3.8) is 0 Å². The predicted octanol–water partition coefficient (Wildman–Crippen LogP) is 4.20. The van der Waals surface area contributed by atoms with Gasteiger partial charge in [-0.25, -0.2) is 13.8 Å². The molecule has 9 heteroatoms. The van der Waals surface area contributed by atoms with Crippen LogP contribution in [0, 0.1) is 0 Å². The van der Waals surface area contributed by atoms with Gasteiger partial charge in [-0.2, -0.15) is 9.41 Å². The molecule has 0 spiro atoms. The van der Waals surface area contributed by atoms with Crippen LogP contribution in [0.3, 0.4) is 0 Å². The lowest BCUT2D eigenvalue weighted by Crippen LogP contribution is -2.39. The van der Waals surface area contributed by atoms with E-state index in [0.29, 0.717) is 5.75 Å². The molecule has 0 aliphatic rings. The maximum Gasteiger partial charge on any atom is 0.255 e. The van der Waals surface area contributed by atoms with Gasteiger partial charge in [-0.05, 0) is 28.5 Å². The molecule has 4 aromatic carbocycles. The van der Waals surface area contributed by atoms with Crippen LogP contribution in [0.5, 0.6) is 11.5 Å². The number of hydrogen-bond donors (Lipinski definition) is 1. The number of carbonyl (C=O) groups excluding carboxylic acids is 1. The van der Waals surface area contributed by atoms with Crippen LogP contribution in [0.1, 0.15) is 11.1 Å². The first-order valence-electron chi connectivity index (χ1n) is 11.5. The van der Waals surface area contributed by atoms with E-state index in [1.165, 1.54) is 32.4 Å². The van der Waals surface area contributed by atoms with E-state index in [-0.39, 0.29) is 17.2 Å². The molecule has 0 saturated heterocycles. The minimum atomic E-state index is -4.07. The lowest BCUT2D eigenvalue weighted by atomic mass is 10.1. The third kappa shape index (κ3) is 6.14. The first kappa shape index (κ1) is 25.9. The number of nitrogens with zero attached hydrogens (tertiary/aromatic N) is 2. The van der Waals surface area contributed by atoms with Gasteiger partial charge in [-0.1, -0.05) is 72.8 Å². The van der Waals surface area contributed by atoms with Crippen LogP contribution >= 0.6 is 0 Å². The molecule has 0 bridgehead atoms. The van der Waals surface area contributed by atoms with Crippen molar-refractivity contribution in [3.05, 3.63) is 102 Å². The van der Waals surface area contributed by atoms with E-state index < -0.39 is 22.5 Å². The second-order valence-corrected chi connectivity index (χ2v) is 10.1. The lowest BCUT2D eigenvalue weighted by Gasteiger charge is -2.22. The Hall–Kier alpha value is -4.21. The molecule has 0 heterocycles. The summed E-state index contributed by atoms with van der Waals surface area (Å²) in [7, 11) is -1.18. The first-order chi connectivity index (χ1) is 17.9. The van der Waals surface area contributed by atoms with E-state index in [1.54, 1.807) is 18.3 Å². The SMILES string of the molecule is COc1ccc(S(=O)(=O)N(CC(=O)N/N=C\c2cccc3ccccc23)Cc2ccccc2)cc1OC. The second-order valence-electron chi connectivity index (χ2n) is 8.14. The second kappa shape index (κ2) is 11.7. The van der Waals surface area contributed by atoms with Crippen molar-refractivity contribution in [1.29, 1.82) is 0 Å². The zero-order valence-corrected chi connectivity index (χ0v) is 21.3. The lowest BCUT2D eigenvalue weighted by molar-refractivity contribution is -0.121. The van der Waals surface area contributed by atoms with Crippen molar-refractivity contribution < 1.29 is 22.7 Å². The van der Waals surface area contributed by atoms with Crippen molar-refractivity contribution in [2.45, 2.75) is 11.4 Å². The van der Waals surface area contributed by atoms with Gasteiger partial charge in [0.05, 0.1) is 31.9 Å². The zero-order valence-electron chi connectivity index (χ0n) is 20.5. The van der Waals surface area contributed by atoms with Crippen LogP contribution in [-0.4, -0.2) is 45.6 Å². The Kier molecular flexibility index (Phi) is 8.17. The van der Waals surface area contributed by atoms with E-state index in [2.05, 4.69) is 10.5 Å². The third-order valence-electron chi connectivity index (χ3n) is 5.73. The van der Waals surface area contributed by atoms with Gasteiger partial charge in [0.2, 0.25) is 10.0 Å². The summed E-state index contributed by atoms with van der Waals surface area (Å²) in [5.41, 5.74) is 4.02. The minimum absolute atomic E-state index is 0.00201. The molecular weight excluding hydrogens is 490 g/mol. The fourth-order valence-electron chi connectivity index (χ4n) is 3.87. The van der Waals surface area contributed by atoms with Crippen molar-refractivity contribution in [2.75, 3.05) is 20.8 Å². The Morgan fingerprint density at radius 3 is 2.35 bits per heavy atom. The quantitative estimate of drug-likeness (QED) is 0.251. The van der Waals surface area contributed by atoms with Crippen LogP contribution < -0.4 is 14.9 Å². The molecule has 0 aromatic heterocycles. The van der Waals surface area contributed by atoms with E-state index >= 15 is 0 Å². The van der Waals surface area contributed by atoms with E-state index in [9.17, 15) is 13.2 Å². The molecule has 0 atom stereocenters. The van der Waals surface area contributed by atoms with Gasteiger partial charge >= 0.3 is 0 Å². The summed E-state index contributed by atoms with van der Waals surface area (Å²) < 4.78 is 38.8. The Bertz CT molecular complexity index is 1520. The Morgan fingerprint density at radius 1 is 0.892 bits per heavy atom. The number of carbonyl (C=O) groups is 1. The number of rotatable bonds is 10. The molecule has 4 rings (SSSR count). The highest BCUT2D eigenvalue weighted by atomic mass is 32.2. The summed E-state index contributed by atoms with van der Waals surface area (Å²) in [4.78, 5) is 12.8. The zero-order chi connectivity index (χ0) is 26.3. The van der Waals surface area contributed by atoms with Gasteiger partial charge in [0.1, 0.15) is 0 Å². The number of benzene rings is 4. The van der Waals surface area contributed by atoms with E-state index in [1.807, 2.05) is 60.7 Å². The summed E-state index contributed by atoms with van der Waals surface area (Å²) in [6.45, 7) is -0.434. The molecule has 8 nitrogen and oxygen atoms in total. The van der Waals surface area contributed by atoms with Gasteiger partial charge in [0.15, 0.2) is 11.5 Å². The summed E-state index contributed by atoms with van der Waals surface area (Å²) in [5.74, 6) is 0.0976. The molecule has 1 amide bonds. The summed E-state index contributed by atoms with van der Waals surface area (Å²) in [5, 5.41) is 6.11. The number of ether oxygens (including phenoxy) is 2. The number of nitrogens with one attached hydrogen (secondary N) is 1. The molecule has 190 valence electrons. The number of sulfonamides is 1.